The van der Waals surface area contributed by atoms with Gasteiger partial charge in [-0.2, -0.15) is 0 Å². The molecule has 2 saturated heterocycles. The third-order valence-electron chi connectivity index (χ3n) is 6.99. The summed E-state index contributed by atoms with van der Waals surface area (Å²) < 4.78 is 0. The monoisotopic (exact) mass is 398 g/mol. The number of piperazine rings is 1. The number of fused-ring (bicyclic) bond motifs is 1. The second-order valence-electron chi connectivity index (χ2n) is 8.94. The Morgan fingerprint density at radius 1 is 1.00 bits per heavy atom. The summed E-state index contributed by atoms with van der Waals surface area (Å²) in [4.78, 5) is 34.0. The molecule has 6 nitrogen and oxygen atoms in total. The van der Waals surface area contributed by atoms with Gasteiger partial charge in [0.1, 0.15) is 0 Å². The van der Waals surface area contributed by atoms with E-state index in [1.807, 2.05) is 22.9 Å². The van der Waals surface area contributed by atoms with Crippen LogP contribution < -0.4 is 0 Å². The summed E-state index contributed by atoms with van der Waals surface area (Å²) in [6, 6.07) is 6.49. The van der Waals surface area contributed by atoms with Crippen molar-refractivity contribution in [2.45, 2.75) is 38.1 Å². The first kappa shape index (κ1) is 20.4. The number of rotatable bonds is 4. The number of likely N-dealkylation sites (tertiary alicyclic amines) is 1. The first-order chi connectivity index (χ1) is 14.0. The predicted molar refractivity (Wildman–Crippen MR) is 114 cm³/mol. The zero-order valence-corrected chi connectivity index (χ0v) is 17.9. The Balaban J connectivity index is 1.26. The molecule has 2 heterocycles. The first-order valence-corrected chi connectivity index (χ1v) is 11.1. The smallest absolute Gasteiger partial charge is 0.253 e. The van der Waals surface area contributed by atoms with Crippen LogP contribution >= 0.6 is 0 Å². The third kappa shape index (κ3) is 4.64. The Morgan fingerprint density at radius 2 is 1.69 bits per heavy atom. The molecule has 158 valence electrons. The molecule has 1 aromatic rings. The summed E-state index contributed by atoms with van der Waals surface area (Å²) in [5, 5.41) is 0. The maximum absolute atomic E-state index is 13.0. The number of aryl methyl sites for hydroxylation is 2. The van der Waals surface area contributed by atoms with Crippen molar-refractivity contribution in [2.75, 3.05) is 59.9 Å². The third-order valence-corrected chi connectivity index (χ3v) is 6.99. The van der Waals surface area contributed by atoms with Crippen LogP contribution in [0.5, 0.6) is 0 Å². The Morgan fingerprint density at radius 3 is 2.41 bits per heavy atom. The second kappa shape index (κ2) is 8.84. The number of piperidine rings is 1. The summed E-state index contributed by atoms with van der Waals surface area (Å²) in [5.74, 6) is 0.380. The minimum absolute atomic E-state index is 0.131. The second-order valence-corrected chi connectivity index (χ2v) is 8.94. The Hall–Kier alpha value is -1.92. The van der Waals surface area contributed by atoms with Gasteiger partial charge in [0.05, 0.1) is 6.54 Å². The lowest BCUT2D eigenvalue weighted by Gasteiger charge is -2.38. The van der Waals surface area contributed by atoms with Gasteiger partial charge >= 0.3 is 0 Å². The lowest BCUT2D eigenvalue weighted by molar-refractivity contribution is -0.134. The van der Waals surface area contributed by atoms with Crippen LogP contribution in [0, 0.1) is 0 Å². The minimum atomic E-state index is 0.131. The van der Waals surface area contributed by atoms with E-state index in [0.29, 0.717) is 6.54 Å². The van der Waals surface area contributed by atoms with E-state index in [4.69, 9.17) is 0 Å². The number of nitrogens with zero attached hydrogens (tertiary/aromatic N) is 4. The van der Waals surface area contributed by atoms with Crippen molar-refractivity contribution in [1.29, 1.82) is 0 Å². The highest BCUT2D eigenvalue weighted by atomic mass is 16.2. The topological polar surface area (TPSA) is 47.1 Å². The molecule has 2 fully saturated rings. The molecule has 0 saturated carbocycles. The Kier molecular flexibility index (Phi) is 6.20. The Labute approximate surface area is 174 Å². The summed E-state index contributed by atoms with van der Waals surface area (Å²) in [7, 11) is 4.04. The maximum Gasteiger partial charge on any atom is 0.253 e. The molecule has 1 aromatic carbocycles. The largest absolute Gasteiger partial charge is 0.339 e. The van der Waals surface area contributed by atoms with Crippen molar-refractivity contribution in [3.8, 4) is 0 Å². The van der Waals surface area contributed by atoms with E-state index >= 15 is 0 Å². The lowest BCUT2D eigenvalue weighted by Crippen LogP contribution is -2.52. The number of hydrogen-bond acceptors (Lipinski definition) is 4. The minimum Gasteiger partial charge on any atom is -0.339 e. The summed E-state index contributed by atoms with van der Waals surface area (Å²) >= 11 is 0. The van der Waals surface area contributed by atoms with E-state index in [0.717, 1.165) is 70.5 Å². The summed E-state index contributed by atoms with van der Waals surface area (Å²) in [6.45, 7) is 5.87. The van der Waals surface area contributed by atoms with E-state index in [9.17, 15) is 9.59 Å². The van der Waals surface area contributed by atoms with Gasteiger partial charge in [0.15, 0.2) is 0 Å². The zero-order chi connectivity index (χ0) is 20.4. The van der Waals surface area contributed by atoms with Gasteiger partial charge in [0, 0.05) is 57.9 Å². The van der Waals surface area contributed by atoms with Crippen LogP contribution in [0.3, 0.4) is 0 Å². The fraction of sp³-hybridized carbons (Fsp3) is 0.652. The van der Waals surface area contributed by atoms with Gasteiger partial charge in [0.25, 0.3) is 5.91 Å². The fourth-order valence-electron chi connectivity index (χ4n) is 4.89. The van der Waals surface area contributed by atoms with Crippen LogP contribution in [-0.2, 0) is 17.6 Å². The molecule has 0 aromatic heterocycles. The zero-order valence-electron chi connectivity index (χ0n) is 17.9. The molecule has 2 aliphatic heterocycles. The molecule has 2 amide bonds. The highest BCUT2D eigenvalue weighted by Gasteiger charge is 2.28. The SMILES string of the molecule is CN1CCN(C(=O)CN2CCC(N(C)C(=O)c3ccc4c(c3)CCC4)CC2)CC1. The number of amides is 2. The van der Waals surface area contributed by atoms with Crippen molar-refractivity contribution in [3.63, 3.8) is 0 Å². The molecule has 3 aliphatic rings. The average molecular weight is 399 g/mol. The van der Waals surface area contributed by atoms with Gasteiger partial charge in [-0.25, -0.2) is 0 Å². The quantitative estimate of drug-likeness (QED) is 0.771. The van der Waals surface area contributed by atoms with Crippen molar-refractivity contribution in [2.24, 2.45) is 0 Å². The first-order valence-electron chi connectivity index (χ1n) is 11.1. The average Bonchev–Trinajstić information content (AvgIpc) is 3.21. The van der Waals surface area contributed by atoms with E-state index in [2.05, 4.69) is 29.0 Å². The van der Waals surface area contributed by atoms with Crippen molar-refractivity contribution < 1.29 is 9.59 Å². The van der Waals surface area contributed by atoms with Crippen molar-refractivity contribution >= 4 is 11.8 Å². The van der Waals surface area contributed by atoms with E-state index in [1.54, 1.807) is 0 Å². The van der Waals surface area contributed by atoms with E-state index in [-0.39, 0.29) is 17.9 Å². The van der Waals surface area contributed by atoms with Crippen LogP contribution in [-0.4, -0.2) is 97.4 Å². The van der Waals surface area contributed by atoms with Crippen LogP contribution in [0.25, 0.3) is 0 Å². The van der Waals surface area contributed by atoms with Crippen LogP contribution in [0.4, 0.5) is 0 Å². The van der Waals surface area contributed by atoms with Crippen LogP contribution in [0.1, 0.15) is 40.7 Å². The molecule has 0 bridgehead atoms. The number of carbonyl (C=O) groups is 2. The molecular weight excluding hydrogens is 364 g/mol. The molecule has 4 rings (SSSR count). The van der Waals surface area contributed by atoms with Gasteiger partial charge < -0.3 is 14.7 Å². The van der Waals surface area contributed by atoms with Crippen LogP contribution in [0.2, 0.25) is 0 Å². The van der Waals surface area contributed by atoms with Gasteiger partial charge in [0.2, 0.25) is 5.91 Å². The summed E-state index contributed by atoms with van der Waals surface area (Å²) in [6.07, 6.45) is 5.31. The molecule has 6 heteroatoms. The summed E-state index contributed by atoms with van der Waals surface area (Å²) in [5.41, 5.74) is 3.57. The highest BCUT2D eigenvalue weighted by Crippen LogP contribution is 2.24. The molecule has 29 heavy (non-hydrogen) atoms. The van der Waals surface area contributed by atoms with Crippen molar-refractivity contribution in [3.05, 3.63) is 34.9 Å². The number of hydrogen-bond donors (Lipinski definition) is 0. The Bertz CT molecular complexity index is 749. The van der Waals surface area contributed by atoms with Crippen LogP contribution in [0.15, 0.2) is 18.2 Å². The standard InChI is InChI=1S/C23H34N4O2/c1-24-12-14-27(15-13-24)22(28)17-26-10-8-21(9-11-26)25(2)23(29)20-7-6-18-4-3-5-19(18)16-20/h6-7,16,21H,3-5,8-15,17H2,1-2H3. The molecule has 0 spiro atoms. The normalized spacial score (nSPS) is 21.2. The molecule has 0 radical (unpaired) electrons. The predicted octanol–water partition coefficient (Wildman–Crippen LogP) is 1.49. The molecule has 1 aliphatic carbocycles. The lowest BCUT2D eigenvalue weighted by atomic mass is 10.0. The van der Waals surface area contributed by atoms with E-state index < -0.39 is 0 Å². The molecular formula is C23H34N4O2. The van der Waals surface area contributed by atoms with E-state index in [1.165, 1.54) is 17.5 Å². The van der Waals surface area contributed by atoms with Gasteiger partial charge in [-0.1, -0.05) is 6.07 Å². The number of likely N-dealkylation sites (N-methyl/N-ethyl adjacent to an activating group) is 1. The fourth-order valence-corrected chi connectivity index (χ4v) is 4.89. The molecule has 0 atom stereocenters. The number of carbonyl (C=O) groups excluding carboxylic acids is 2. The van der Waals surface area contributed by atoms with Crippen molar-refractivity contribution in [1.82, 2.24) is 19.6 Å². The van der Waals surface area contributed by atoms with Gasteiger partial charge in [-0.05, 0) is 62.4 Å². The molecule has 0 N–H and O–H groups in total. The highest BCUT2D eigenvalue weighted by molar-refractivity contribution is 5.94. The van der Waals surface area contributed by atoms with Gasteiger partial charge in [-0.3, -0.25) is 14.5 Å². The number of benzene rings is 1. The maximum atomic E-state index is 13.0. The van der Waals surface area contributed by atoms with Gasteiger partial charge in [-0.15, -0.1) is 0 Å². The molecule has 0 unspecified atom stereocenters.